The second-order valence-corrected chi connectivity index (χ2v) is 7.51. The molecule has 3 rings (SSSR count). The SMILES string of the molecule is CCCc1ccc(-c2nc(C)c(CC)c(Nc3ccc(C(=O)O)cc3)n2)s1. The van der Waals surface area contributed by atoms with Crippen molar-refractivity contribution >= 4 is 28.8 Å². The van der Waals surface area contributed by atoms with Gasteiger partial charge in [0, 0.05) is 21.8 Å². The third-order valence-corrected chi connectivity index (χ3v) is 5.48. The zero-order valence-electron chi connectivity index (χ0n) is 15.7. The number of hydrogen-bond donors (Lipinski definition) is 2. The molecule has 0 aliphatic rings. The van der Waals surface area contributed by atoms with Gasteiger partial charge in [-0.25, -0.2) is 14.8 Å². The van der Waals surface area contributed by atoms with Crippen molar-refractivity contribution in [2.75, 3.05) is 5.32 Å². The molecule has 2 heterocycles. The van der Waals surface area contributed by atoms with Gasteiger partial charge in [0.05, 0.1) is 10.4 Å². The molecule has 0 saturated carbocycles. The molecule has 0 fully saturated rings. The summed E-state index contributed by atoms with van der Waals surface area (Å²) in [5.41, 5.74) is 3.08. The molecule has 0 aliphatic carbocycles. The summed E-state index contributed by atoms with van der Waals surface area (Å²) in [6.07, 6.45) is 3.00. The van der Waals surface area contributed by atoms with E-state index in [1.807, 2.05) is 6.92 Å². The van der Waals surface area contributed by atoms with Crippen LogP contribution >= 0.6 is 11.3 Å². The molecule has 0 aliphatic heterocycles. The molecule has 6 heteroatoms. The summed E-state index contributed by atoms with van der Waals surface area (Å²) in [5.74, 6) is 0.562. The maximum Gasteiger partial charge on any atom is 0.335 e. The highest BCUT2D eigenvalue weighted by molar-refractivity contribution is 7.15. The first-order valence-electron chi connectivity index (χ1n) is 9.08. The van der Waals surface area contributed by atoms with Gasteiger partial charge in [-0.15, -0.1) is 11.3 Å². The van der Waals surface area contributed by atoms with Crippen molar-refractivity contribution in [1.29, 1.82) is 0 Å². The predicted octanol–water partition coefficient (Wildman–Crippen LogP) is 5.47. The number of thiophene rings is 1. The first-order valence-corrected chi connectivity index (χ1v) is 9.90. The molecule has 140 valence electrons. The lowest BCUT2D eigenvalue weighted by atomic mass is 10.1. The molecule has 0 spiro atoms. The zero-order valence-corrected chi connectivity index (χ0v) is 16.6. The van der Waals surface area contributed by atoms with Crippen LogP contribution in [0.2, 0.25) is 0 Å². The van der Waals surface area contributed by atoms with Crippen molar-refractivity contribution in [3.8, 4) is 10.7 Å². The minimum absolute atomic E-state index is 0.262. The molecule has 0 amide bonds. The van der Waals surface area contributed by atoms with E-state index in [1.165, 1.54) is 4.88 Å². The highest BCUT2D eigenvalue weighted by Gasteiger charge is 2.14. The van der Waals surface area contributed by atoms with E-state index in [9.17, 15) is 4.79 Å². The van der Waals surface area contributed by atoms with Crippen LogP contribution < -0.4 is 5.32 Å². The van der Waals surface area contributed by atoms with Crippen LogP contribution in [0, 0.1) is 6.92 Å². The minimum atomic E-state index is -0.934. The number of anilines is 2. The van der Waals surface area contributed by atoms with E-state index in [0.29, 0.717) is 0 Å². The molecule has 2 N–H and O–H groups in total. The summed E-state index contributed by atoms with van der Waals surface area (Å²) in [4.78, 5) is 22.9. The van der Waals surface area contributed by atoms with Crippen molar-refractivity contribution in [2.45, 2.75) is 40.0 Å². The minimum Gasteiger partial charge on any atom is -0.478 e. The van der Waals surface area contributed by atoms with Crippen LogP contribution in [0.3, 0.4) is 0 Å². The number of nitrogens with zero attached hydrogens (tertiary/aromatic N) is 2. The van der Waals surface area contributed by atoms with Gasteiger partial charge in [-0.05, 0) is 56.2 Å². The smallest absolute Gasteiger partial charge is 0.335 e. The van der Waals surface area contributed by atoms with Crippen LogP contribution in [0.4, 0.5) is 11.5 Å². The van der Waals surface area contributed by atoms with Crippen molar-refractivity contribution in [3.63, 3.8) is 0 Å². The van der Waals surface area contributed by atoms with Gasteiger partial charge in [0.25, 0.3) is 0 Å². The standard InChI is InChI=1S/C21H23N3O2S/c1-4-6-16-11-12-18(27-16)20-22-13(3)17(5-2)19(24-20)23-15-9-7-14(8-10-15)21(25)26/h7-12H,4-6H2,1-3H3,(H,25,26)(H,22,23,24). The Kier molecular flexibility index (Phi) is 5.86. The van der Waals surface area contributed by atoms with E-state index in [0.717, 1.165) is 52.7 Å². The van der Waals surface area contributed by atoms with Crippen molar-refractivity contribution in [2.24, 2.45) is 0 Å². The van der Waals surface area contributed by atoms with Gasteiger partial charge in [0.15, 0.2) is 5.82 Å². The highest BCUT2D eigenvalue weighted by Crippen LogP contribution is 2.30. The van der Waals surface area contributed by atoms with Gasteiger partial charge in [0.1, 0.15) is 5.82 Å². The zero-order chi connectivity index (χ0) is 19.4. The highest BCUT2D eigenvalue weighted by atomic mass is 32.1. The number of benzene rings is 1. The Labute approximate surface area is 163 Å². The van der Waals surface area contributed by atoms with Gasteiger partial charge < -0.3 is 10.4 Å². The number of aromatic nitrogens is 2. The van der Waals surface area contributed by atoms with Crippen LogP contribution in [0.1, 0.15) is 46.8 Å². The number of carbonyl (C=O) groups is 1. The second-order valence-electron chi connectivity index (χ2n) is 6.34. The summed E-state index contributed by atoms with van der Waals surface area (Å²) < 4.78 is 0. The third kappa shape index (κ3) is 4.34. The van der Waals surface area contributed by atoms with Crippen molar-refractivity contribution in [3.05, 3.63) is 58.1 Å². The predicted molar refractivity (Wildman–Crippen MR) is 110 cm³/mol. The van der Waals surface area contributed by atoms with Gasteiger partial charge in [-0.1, -0.05) is 20.3 Å². The number of carboxylic acids is 1. The van der Waals surface area contributed by atoms with E-state index in [2.05, 4.69) is 31.3 Å². The summed E-state index contributed by atoms with van der Waals surface area (Å²) in [6, 6.07) is 10.9. The van der Waals surface area contributed by atoms with Crippen molar-refractivity contribution < 1.29 is 9.90 Å². The van der Waals surface area contributed by atoms with E-state index >= 15 is 0 Å². The molecule has 0 saturated heterocycles. The van der Waals surface area contributed by atoms with E-state index in [-0.39, 0.29) is 5.56 Å². The molecule has 3 aromatic rings. The second kappa shape index (κ2) is 8.31. The van der Waals surface area contributed by atoms with Gasteiger partial charge in [-0.2, -0.15) is 0 Å². The number of rotatable bonds is 7. The van der Waals surface area contributed by atoms with Crippen LogP contribution in [-0.4, -0.2) is 21.0 Å². The molecule has 2 aromatic heterocycles. The summed E-state index contributed by atoms with van der Waals surface area (Å²) in [6.45, 7) is 6.26. The van der Waals surface area contributed by atoms with Gasteiger partial charge in [-0.3, -0.25) is 0 Å². The summed E-state index contributed by atoms with van der Waals surface area (Å²) >= 11 is 1.73. The molecule has 5 nitrogen and oxygen atoms in total. The Morgan fingerprint density at radius 2 is 1.85 bits per heavy atom. The monoisotopic (exact) mass is 381 g/mol. The molecule has 0 unspecified atom stereocenters. The van der Waals surface area contributed by atoms with Crippen LogP contribution in [0.5, 0.6) is 0 Å². The van der Waals surface area contributed by atoms with Crippen LogP contribution in [0.25, 0.3) is 10.7 Å². The molecule has 0 atom stereocenters. The normalized spacial score (nSPS) is 10.8. The van der Waals surface area contributed by atoms with Gasteiger partial charge >= 0.3 is 5.97 Å². The Hall–Kier alpha value is -2.73. The third-order valence-electron chi connectivity index (χ3n) is 4.34. The number of hydrogen-bond acceptors (Lipinski definition) is 5. The number of aromatic carboxylic acids is 1. The Bertz CT molecular complexity index is 949. The molecular formula is C21H23N3O2S. The van der Waals surface area contributed by atoms with Crippen molar-refractivity contribution in [1.82, 2.24) is 9.97 Å². The first-order chi connectivity index (χ1) is 13.0. The molecule has 27 heavy (non-hydrogen) atoms. The topological polar surface area (TPSA) is 75.1 Å². The number of aryl methyl sites for hydroxylation is 2. The lowest BCUT2D eigenvalue weighted by Crippen LogP contribution is -2.05. The lowest BCUT2D eigenvalue weighted by Gasteiger charge is -2.13. The fraction of sp³-hybridized carbons (Fsp3) is 0.286. The summed E-state index contributed by atoms with van der Waals surface area (Å²) in [5, 5.41) is 12.4. The van der Waals surface area contributed by atoms with Crippen LogP contribution in [-0.2, 0) is 12.8 Å². The molecule has 1 aromatic carbocycles. The van der Waals surface area contributed by atoms with E-state index in [4.69, 9.17) is 15.1 Å². The quantitative estimate of drug-likeness (QED) is 0.567. The fourth-order valence-corrected chi connectivity index (χ4v) is 3.99. The maximum absolute atomic E-state index is 11.0. The average molecular weight is 382 g/mol. The maximum atomic E-state index is 11.0. The average Bonchev–Trinajstić information content (AvgIpc) is 3.11. The van der Waals surface area contributed by atoms with E-state index in [1.54, 1.807) is 35.6 Å². The largest absolute Gasteiger partial charge is 0.478 e. The number of carboxylic acid groups (broad SMARTS) is 1. The number of nitrogens with one attached hydrogen (secondary N) is 1. The lowest BCUT2D eigenvalue weighted by molar-refractivity contribution is 0.0697. The molecule has 0 radical (unpaired) electrons. The van der Waals surface area contributed by atoms with Gasteiger partial charge in [0.2, 0.25) is 0 Å². The Morgan fingerprint density at radius 3 is 2.48 bits per heavy atom. The van der Waals surface area contributed by atoms with Crippen LogP contribution in [0.15, 0.2) is 36.4 Å². The Balaban J connectivity index is 1.95. The summed E-state index contributed by atoms with van der Waals surface area (Å²) in [7, 11) is 0. The fourth-order valence-electron chi connectivity index (χ4n) is 2.94. The first kappa shape index (κ1) is 19.0. The Morgan fingerprint density at radius 1 is 1.11 bits per heavy atom. The molecule has 0 bridgehead atoms. The molecular weight excluding hydrogens is 358 g/mol. The van der Waals surface area contributed by atoms with E-state index < -0.39 is 5.97 Å².